The summed E-state index contributed by atoms with van der Waals surface area (Å²) in [6, 6.07) is 9.98. The molecule has 0 unspecified atom stereocenters. The summed E-state index contributed by atoms with van der Waals surface area (Å²) in [5.74, 6) is -0.257. The minimum absolute atomic E-state index is 0.257. The van der Waals surface area contributed by atoms with Gasteiger partial charge in [0.25, 0.3) is 0 Å². The molecule has 82 valence electrons. The van der Waals surface area contributed by atoms with Crippen molar-refractivity contribution in [3.8, 4) is 11.1 Å². The van der Waals surface area contributed by atoms with Gasteiger partial charge in [0.2, 0.25) is 0 Å². The normalized spacial score (nSPS) is 10.4. The van der Waals surface area contributed by atoms with E-state index in [4.69, 9.17) is 11.6 Å². The highest BCUT2D eigenvalue weighted by atomic mass is 79.9. The van der Waals surface area contributed by atoms with Crippen molar-refractivity contribution in [3.05, 3.63) is 53.1 Å². The zero-order chi connectivity index (χ0) is 11.5. The summed E-state index contributed by atoms with van der Waals surface area (Å²) in [6.07, 6.45) is 0. The van der Waals surface area contributed by atoms with Gasteiger partial charge in [0.05, 0.1) is 5.69 Å². The van der Waals surface area contributed by atoms with Crippen molar-refractivity contribution in [2.24, 2.45) is 0 Å². The van der Waals surface area contributed by atoms with E-state index in [2.05, 4.69) is 20.9 Å². The molecule has 16 heavy (non-hydrogen) atoms. The number of hydrogen-bond donors (Lipinski definition) is 0. The lowest BCUT2D eigenvalue weighted by Gasteiger charge is -2.07. The average molecular weight is 301 g/mol. The number of benzene rings is 1. The van der Waals surface area contributed by atoms with Gasteiger partial charge in [-0.05, 0) is 29.8 Å². The summed E-state index contributed by atoms with van der Waals surface area (Å²) in [5.41, 5.74) is 2.50. The first kappa shape index (κ1) is 11.6. The van der Waals surface area contributed by atoms with Crippen LogP contribution in [-0.2, 0) is 5.33 Å². The van der Waals surface area contributed by atoms with Crippen LogP contribution >= 0.6 is 27.5 Å². The fourth-order valence-electron chi connectivity index (χ4n) is 1.50. The maximum atomic E-state index is 13.1. The van der Waals surface area contributed by atoms with E-state index in [0.717, 1.165) is 16.8 Å². The molecule has 1 aromatic heterocycles. The number of alkyl halides is 1. The Morgan fingerprint density at radius 2 is 2.06 bits per heavy atom. The fourth-order valence-corrected chi connectivity index (χ4v) is 2.09. The van der Waals surface area contributed by atoms with Crippen LogP contribution in [-0.4, -0.2) is 4.98 Å². The van der Waals surface area contributed by atoms with Gasteiger partial charge in [-0.25, -0.2) is 9.37 Å². The van der Waals surface area contributed by atoms with Crippen LogP contribution in [0.1, 0.15) is 5.69 Å². The van der Waals surface area contributed by atoms with E-state index < -0.39 is 0 Å². The first-order valence-electron chi connectivity index (χ1n) is 4.68. The van der Waals surface area contributed by atoms with Gasteiger partial charge < -0.3 is 0 Å². The second kappa shape index (κ2) is 4.93. The van der Waals surface area contributed by atoms with Crippen LogP contribution in [0.5, 0.6) is 0 Å². The van der Waals surface area contributed by atoms with E-state index in [0.29, 0.717) is 10.5 Å². The minimum atomic E-state index is -0.257. The van der Waals surface area contributed by atoms with Crippen molar-refractivity contribution in [1.29, 1.82) is 0 Å². The molecule has 0 N–H and O–H groups in total. The van der Waals surface area contributed by atoms with Gasteiger partial charge in [0.15, 0.2) is 0 Å². The van der Waals surface area contributed by atoms with Crippen LogP contribution in [0.2, 0.25) is 5.15 Å². The third-order valence-corrected chi connectivity index (χ3v) is 2.94. The molecule has 0 amide bonds. The highest BCUT2D eigenvalue weighted by Gasteiger charge is 2.07. The highest BCUT2D eigenvalue weighted by molar-refractivity contribution is 9.08. The fraction of sp³-hybridized carbons (Fsp3) is 0.0833. The molecule has 0 aliphatic carbocycles. The van der Waals surface area contributed by atoms with E-state index in [1.54, 1.807) is 12.1 Å². The third-order valence-electron chi connectivity index (χ3n) is 2.20. The number of pyridine rings is 1. The Balaban J connectivity index is 2.55. The molecular formula is C12H8BrClFN. The maximum absolute atomic E-state index is 13.1. The van der Waals surface area contributed by atoms with Crippen LogP contribution < -0.4 is 0 Å². The number of hydrogen-bond acceptors (Lipinski definition) is 1. The summed E-state index contributed by atoms with van der Waals surface area (Å²) >= 11 is 9.15. The number of nitrogens with zero attached hydrogens (tertiary/aromatic N) is 1. The van der Waals surface area contributed by atoms with E-state index >= 15 is 0 Å². The number of rotatable bonds is 2. The van der Waals surface area contributed by atoms with Crippen molar-refractivity contribution >= 4 is 27.5 Å². The molecule has 1 heterocycles. The van der Waals surface area contributed by atoms with Crippen molar-refractivity contribution in [2.45, 2.75) is 5.33 Å². The second-order valence-corrected chi connectivity index (χ2v) is 4.22. The molecule has 0 atom stereocenters. The van der Waals surface area contributed by atoms with Crippen LogP contribution in [0.15, 0.2) is 36.4 Å². The maximum Gasteiger partial charge on any atom is 0.129 e. The molecule has 4 heteroatoms. The molecule has 0 bridgehead atoms. The van der Waals surface area contributed by atoms with E-state index in [9.17, 15) is 4.39 Å². The Bertz CT molecular complexity index is 516. The Morgan fingerprint density at radius 3 is 2.75 bits per heavy atom. The van der Waals surface area contributed by atoms with Crippen molar-refractivity contribution in [3.63, 3.8) is 0 Å². The van der Waals surface area contributed by atoms with Crippen molar-refractivity contribution < 1.29 is 4.39 Å². The largest absolute Gasteiger partial charge is 0.240 e. The second-order valence-electron chi connectivity index (χ2n) is 3.27. The molecule has 0 aliphatic heterocycles. The summed E-state index contributed by atoms with van der Waals surface area (Å²) in [5, 5.41) is 1.02. The topological polar surface area (TPSA) is 12.9 Å². The van der Waals surface area contributed by atoms with Gasteiger partial charge in [-0.3, -0.25) is 0 Å². The monoisotopic (exact) mass is 299 g/mol. The molecule has 0 aliphatic rings. The molecule has 1 nitrogen and oxygen atoms in total. The number of aromatic nitrogens is 1. The van der Waals surface area contributed by atoms with Gasteiger partial charge >= 0.3 is 0 Å². The summed E-state index contributed by atoms with van der Waals surface area (Å²) in [7, 11) is 0. The highest BCUT2D eigenvalue weighted by Crippen LogP contribution is 2.26. The molecule has 2 rings (SSSR count). The predicted octanol–water partition coefficient (Wildman–Crippen LogP) is 4.44. The Morgan fingerprint density at radius 1 is 1.25 bits per heavy atom. The SMILES string of the molecule is Fc1cccc(-c2ccc(Cl)nc2CBr)c1. The summed E-state index contributed by atoms with van der Waals surface area (Å²) < 4.78 is 13.1. The zero-order valence-electron chi connectivity index (χ0n) is 8.25. The standard InChI is InChI=1S/C12H8BrClFN/c13-7-11-10(4-5-12(14)16-11)8-2-1-3-9(15)6-8/h1-6H,7H2. The Labute approximate surface area is 106 Å². The van der Waals surface area contributed by atoms with Crippen LogP contribution in [0.25, 0.3) is 11.1 Å². The van der Waals surface area contributed by atoms with Crippen molar-refractivity contribution in [1.82, 2.24) is 4.98 Å². The molecule has 0 fully saturated rings. The predicted molar refractivity (Wildman–Crippen MR) is 67.3 cm³/mol. The molecule has 1 aromatic carbocycles. The van der Waals surface area contributed by atoms with Gasteiger partial charge in [-0.1, -0.05) is 39.7 Å². The van der Waals surface area contributed by atoms with Crippen molar-refractivity contribution in [2.75, 3.05) is 0 Å². The molecule has 2 aromatic rings. The third kappa shape index (κ3) is 2.42. The van der Waals surface area contributed by atoms with Gasteiger partial charge in [0, 0.05) is 10.9 Å². The molecule has 0 radical (unpaired) electrons. The first-order valence-corrected chi connectivity index (χ1v) is 6.18. The Hall–Kier alpha value is -0.930. The van der Waals surface area contributed by atoms with Gasteiger partial charge in [0.1, 0.15) is 11.0 Å². The lowest BCUT2D eigenvalue weighted by Crippen LogP contribution is -1.91. The number of halogens is 3. The first-order chi connectivity index (χ1) is 7.70. The average Bonchev–Trinajstić information content (AvgIpc) is 2.28. The lowest BCUT2D eigenvalue weighted by molar-refractivity contribution is 0.628. The molecule has 0 saturated heterocycles. The lowest BCUT2D eigenvalue weighted by atomic mass is 10.0. The molecule has 0 spiro atoms. The molecule has 0 saturated carbocycles. The summed E-state index contributed by atoms with van der Waals surface area (Å²) in [4.78, 5) is 4.19. The van der Waals surface area contributed by atoms with Gasteiger partial charge in [-0.15, -0.1) is 0 Å². The summed E-state index contributed by atoms with van der Waals surface area (Å²) in [6.45, 7) is 0. The zero-order valence-corrected chi connectivity index (χ0v) is 10.6. The van der Waals surface area contributed by atoms with E-state index in [-0.39, 0.29) is 5.82 Å². The quantitative estimate of drug-likeness (QED) is 0.590. The van der Waals surface area contributed by atoms with Crippen LogP contribution in [0.3, 0.4) is 0 Å². The van der Waals surface area contributed by atoms with Crippen LogP contribution in [0.4, 0.5) is 4.39 Å². The Kier molecular flexibility index (Phi) is 3.56. The van der Waals surface area contributed by atoms with E-state index in [1.165, 1.54) is 12.1 Å². The van der Waals surface area contributed by atoms with E-state index in [1.807, 2.05) is 12.1 Å². The minimum Gasteiger partial charge on any atom is -0.240 e. The molecular weight excluding hydrogens is 292 g/mol. The van der Waals surface area contributed by atoms with Gasteiger partial charge in [-0.2, -0.15) is 0 Å². The van der Waals surface area contributed by atoms with Crippen LogP contribution in [0, 0.1) is 5.82 Å². The smallest absolute Gasteiger partial charge is 0.129 e.